The number of hydrogen-bond acceptors (Lipinski definition) is 2. The molecule has 0 saturated carbocycles. The second-order valence-corrected chi connectivity index (χ2v) is 5.41. The first kappa shape index (κ1) is 15.4. The van der Waals surface area contributed by atoms with Crippen molar-refractivity contribution in [3.63, 3.8) is 0 Å². The van der Waals surface area contributed by atoms with Gasteiger partial charge >= 0.3 is 0 Å². The number of carbonyl (C=O) groups is 1. The van der Waals surface area contributed by atoms with Gasteiger partial charge in [0.15, 0.2) is 6.10 Å². The van der Waals surface area contributed by atoms with Crippen molar-refractivity contribution >= 4 is 23.2 Å². The second kappa shape index (κ2) is 6.64. The van der Waals surface area contributed by atoms with E-state index in [0.717, 1.165) is 11.1 Å². The van der Waals surface area contributed by atoms with E-state index in [1.807, 2.05) is 44.2 Å². The topological polar surface area (TPSA) is 38.3 Å². The molecule has 4 heteroatoms. The minimum absolute atomic E-state index is 0.233. The Balaban J connectivity index is 2.04. The van der Waals surface area contributed by atoms with Crippen LogP contribution in [-0.2, 0) is 4.79 Å². The van der Waals surface area contributed by atoms with E-state index in [9.17, 15) is 4.79 Å². The predicted octanol–water partition coefficient (Wildman–Crippen LogP) is 4.36. The summed E-state index contributed by atoms with van der Waals surface area (Å²) in [6.07, 6.45) is -0.609. The lowest BCUT2D eigenvalue weighted by Crippen LogP contribution is -2.30. The molecule has 2 aromatic rings. The van der Waals surface area contributed by atoms with Crippen LogP contribution in [0.5, 0.6) is 5.75 Å². The molecule has 0 heterocycles. The van der Waals surface area contributed by atoms with Gasteiger partial charge in [-0.25, -0.2) is 0 Å². The molecule has 2 aromatic carbocycles. The molecular formula is C17H18ClNO2. The summed E-state index contributed by atoms with van der Waals surface area (Å²) >= 11 is 6.02. The Morgan fingerprint density at radius 2 is 1.90 bits per heavy atom. The fourth-order valence-corrected chi connectivity index (χ4v) is 2.16. The molecule has 3 nitrogen and oxygen atoms in total. The fourth-order valence-electron chi connectivity index (χ4n) is 1.97. The summed E-state index contributed by atoms with van der Waals surface area (Å²) in [5.41, 5.74) is 2.75. The van der Waals surface area contributed by atoms with Crippen LogP contribution in [0.3, 0.4) is 0 Å². The van der Waals surface area contributed by atoms with Gasteiger partial charge < -0.3 is 10.1 Å². The maximum absolute atomic E-state index is 12.2. The molecule has 0 spiro atoms. The van der Waals surface area contributed by atoms with E-state index in [-0.39, 0.29) is 5.91 Å². The van der Waals surface area contributed by atoms with Gasteiger partial charge in [-0.05, 0) is 44.5 Å². The molecule has 2 rings (SSSR count). The normalized spacial score (nSPS) is 11.8. The van der Waals surface area contributed by atoms with Crippen molar-refractivity contribution in [3.8, 4) is 5.75 Å². The van der Waals surface area contributed by atoms with Crippen LogP contribution in [-0.4, -0.2) is 12.0 Å². The van der Waals surface area contributed by atoms with Crippen molar-refractivity contribution in [2.24, 2.45) is 0 Å². The lowest BCUT2D eigenvalue weighted by atomic mass is 10.1. The number of amides is 1. The SMILES string of the molecule is Cc1ccc(OC(C)C(=O)Nc2ccccc2Cl)c(C)c1. The van der Waals surface area contributed by atoms with Gasteiger partial charge in [0, 0.05) is 0 Å². The zero-order valence-corrected chi connectivity index (χ0v) is 13.1. The highest BCUT2D eigenvalue weighted by Crippen LogP contribution is 2.22. The summed E-state index contributed by atoms with van der Waals surface area (Å²) in [4.78, 5) is 12.2. The number of ether oxygens (including phenoxy) is 1. The van der Waals surface area contributed by atoms with Crippen molar-refractivity contribution in [2.45, 2.75) is 26.9 Å². The predicted molar refractivity (Wildman–Crippen MR) is 86.1 cm³/mol. The van der Waals surface area contributed by atoms with Crippen molar-refractivity contribution in [1.82, 2.24) is 0 Å². The molecule has 0 bridgehead atoms. The molecule has 0 aliphatic heterocycles. The van der Waals surface area contributed by atoms with Crippen LogP contribution in [0, 0.1) is 13.8 Å². The molecule has 0 fully saturated rings. The van der Waals surface area contributed by atoms with Gasteiger partial charge in [-0.1, -0.05) is 41.4 Å². The first-order chi connectivity index (χ1) is 9.97. The van der Waals surface area contributed by atoms with E-state index in [2.05, 4.69) is 5.32 Å². The van der Waals surface area contributed by atoms with Crippen LogP contribution in [0.15, 0.2) is 42.5 Å². The summed E-state index contributed by atoms with van der Waals surface area (Å²) in [6.45, 7) is 5.69. The largest absolute Gasteiger partial charge is 0.481 e. The molecule has 0 aliphatic rings. The summed E-state index contributed by atoms with van der Waals surface area (Å²) < 4.78 is 5.72. The highest BCUT2D eigenvalue weighted by atomic mass is 35.5. The van der Waals surface area contributed by atoms with E-state index in [1.165, 1.54) is 0 Å². The molecule has 1 unspecified atom stereocenters. The van der Waals surface area contributed by atoms with Crippen molar-refractivity contribution in [2.75, 3.05) is 5.32 Å². The Morgan fingerprint density at radius 3 is 2.57 bits per heavy atom. The van der Waals surface area contributed by atoms with Crippen LogP contribution in [0.1, 0.15) is 18.1 Å². The smallest absolute Gasteiger partial charge is 0.265 e. The van der Waals surface area contributed by atoms with Crippen molar-refractivity contribution in [3.05, 3.63) is 58.6 Å². The number of aryl methyl sites for hydroxylation is 2. The highest BCUT2D eigenvalue weighted by molar-refractivity contribution is 6.33. The lowest BCUT2D eigenvalue weighted by Gasteiger charge is -2.17. The highest BCUT2D eigenvalue weighted by Gasteiger charge is 2.16. The number of para-hydroxylation sites is 1. The zero-order chi connectivity index (χ0) is 15.4. The molecule has 110 valence electrons. The Morgan fingerprint density at radius 1 is 1.19 bits per heavy atom. The molecule has 1 N–H and O–H groups in total. The molecule has 0 saturated heterocycles. The van der Waals surface area contributed by atoms with Crippen LogP contribution in [0.2, 0.25) is 5.02 Å². The van der Waals surface area contributed by atoms with Gasteiger partial charge in [0.2, 0.25) is 0 Å². The third kappa shape index (κ3) is 3.99. The monoisotopic (exact) mass is 303 g/mol. The Hall–Kier alpha value is -2.00. The van der Waals surface area contributed by atoms with Crippen molar-refractivity contribution < 1.29 is 9.53 Å². The number of benzene rings is 2. The Kier molecular flexibility index (Phi) is 4.86. The average Bonchev–Trinajstić information content (AvgIpc) is 2.44. The zero-order valence-electron chi connectivity index (χ0n) is 12.3. The van der Waals surface area contributed by atoms with Gasteiger partial charge in [-0.3, -0.25) is 4.79 Å². The summed E-state index contributed by atoms with van der Waals surface area (Å²) in [7, 11) is 0. The summed E-state index contributed by atoms with van der Waals surface area (Å²) in [6, 6.07) is 13.0. The first-order valence-electron chi connectivity index (χ1n) is 6.76. The fraction of sp³-hybridized carbons (Fsp3) is 0.235. The van der Waals surface area contributed by atoms with Gasteiger partial charge in [-0.15, -0.1) is 0 Å². The maximum atomic E-state index is 12.2. The summed E-state index contributed by atoms with van der Waals surface area (Å²) in [5, 5.41) is 3.27. The third-order valence-corrected chi connectivity index (χ3v) is 3.46. The van der Waals surface area contributed by atoms with Crippen LogP contribution >= 0.6 is 11.6 Å². The van der Waals surface area contributed by atoms with E-state index >= 15 is 0 Å². The molecule has 0 aliphatic carbocycles. The quantitative estimate of drug-likeness (QED) is 0.911. The van der Waals surface area contributed by atoms with E-state index in [4.69, 9.17) is 16.3 Å². The molecule has 0 radical (unpaired) electrons. The average molecular weight is 304 g/mol. The number of hydrogen-bond donors (Lipinski definition) is 1. The number of carbonyl (C=O) groups excluding carboxylic acids is 1. The minimum Gasteiger partial charge on any atom is -0.481 e. The van der Waals surface area contributed by atoms with E-state index in [0.29, 0.717) is 16.5 Å². The van der Waals surface area contributed by atoms with Crippen LogP contribution in [0.25, 0.3) is 0 Å². The number of rotatable bonds is 4. The van der Waals surface area contributed by atoms with Gasteiger partial charge in [0.05, 0.1) is 10.7 Å². The first-order valence-corrected chi connectivity index (χ1v) is 7.14. The molecule has 21 heavy (non-hydrogen) atoms. The minimum atomic E-state index is -0.609. The number of halogens is 1. The second-order valence-electron chi connectivity index (χ2n) is 5.00. The lowest BCUT2D eigenvalue weighted by molar-refractivity contribution is -0.122. The van der Waals surface area contributed by atoms with Gasteiger partial charge in [0.1, 0.15) is 5.75 Å². The third-order valence-electron chi connectivity index (χ3n) is 3.14. The Labute approximate surface area is 129 Å². The maximum Gasteiger partial charge on any atom is 0.265 e. The van der Waals surface area contributed by atoms with E-state index < -0.39 is 6.10 Å². The number of anilines is 1. The van der Waals surface area contributed by atoms with Crippen LogP contribution < -0.4 is 10.1 Å². The number of nitrogens with one attached hydrogen (secondary N) is 1. The van der Waals surface area contributed by atoms with Crippen LogP contribution in [0.4, 0.5) is 5.69 Å². The Bertz CT molecular complexity index is 655. The molecular weight excluding hydrogens is 286 g/mol. The van der Waals surface area contributed by atoms with Gasteiger partial charge in [-0.2, -0.15) is 0 Å². The van der Waals surface area contributed by atoms with Gasteiger partial charge in [0.25, 0.3) is 5.91 Å². The summed E-state index contributed by atoms with van der Waals surface area (Å²) in [5.74, 6) is 0.477. The molecule has 0 aromatic heterocycles. The van der Waals surface area contributed by atoms with E-state index in [1.54, 1.807) is 19.1 Å². The standard InChI is InChI=1S/C17H18ClNO2/c1-11-8-9-16(12(2)10-11)21-13(3)17(20)19-15-7-5-4-6-14(15)18/h4-10,13H,1-3H3,(H,19,20). The van der Waals surface area contributed by atoms with Crippen molar-refractivity contribution in [1.29, 1.82) is 0 Å². The molecule has 1 amide bonds. The molecule has 1 atom stereocenters.